The van der Waals surface area contributed by atoms with Crippen LogP contribution in [0.15, 0.2) is 18.6 Å². The lowest BCUT2D eigenvalue weighted by Crippen LogP contribution is -2.10. The number of nitrogen functional groups attached to an aromatic ring is 1. The molecule has 2 heterocycles. The Morgan fingerprint density at radius 1 is 1.39 bits per heavy atom. The zero-order valence-corrected chi connectivity index (χ0v) is 10.5. The van der Waals surface area contributed by atoms with Gasteiger partial charge in [-0.05, 0) is 12.3 Å². The van der Waals surface area contributed by atoms with Crippen LogP contribution >= 0.6 is 0 Å². The molecular weight excluding hydrogens is 226 g/mol. The molecule has 1 aliphatic carbocycles. The molecule has 0 unspecified atom stereocenters. The lowest BCUT2D eigenvalue weighted by Gasteiger charge is -2.11. The molecule has 18 heavy (non-hydrogen) atoms. The predicted octanol–water partition coefficient (Wildman–Crippen LogP) is 2.30. The third kappa shape index (κ3) is 2.25. The number of fused-ring (bicyclic) bond motifs is 1. The summed E-state index contributed by atoms with van der Waals surface area (Å²) in [4.78, 5) is 8.61. The highest BCUT2D eigenvalue weighted by Gasteiger charge is 2.14. The van der Waals surface area contributed by atoms with Crippen molar-refractivity contribution in [3.05, 3.63) is 18.6 Å². The molecule has 0 aliphatic heterocycles. The Hall–Kier alpha value is -1.78. The number of nitrogens with zero attached hydrogens (tertiary/aromatic N) is 3. The maximum absolute atomic E-state index is 5.78. The number of nitrogens with two attached hydrogens (primary N) is 1. The first-order valence-electron chi connectivity index (χ1n) is 6.66. The second-order valence-corrected chi connectivity index (χ2v) is 5.04. The van der Waals surface area contributed by atoms with Crippen molar-refractivity contribution in [1.82, 2.24) is 14.4 Å². The summed E-state index contributed by atoms with van der Waals surface area (Å²) in [5.41, 5.74) is 6.62. The van der Waals surface area contributed by atoms with Gasteiger partial charge in [0.25, 0.3) is 0 Å². The van der Waals surface area contributed by atoms with E-state index in [2.05, 4.69) is 15.3 Å². The van der Waals surface area contributed by atoms with Crippen LogP contribution in [0.4, 0.5) is 11.6 Å². The molecular formula is C13H19N5. The van der Waals surface area contributed by atoms with Crippen LogP contribution in [0.2, 0.25) is 0 Å². The molecule has 0 saturated heterocycles. The van der Waals surface area contributed by atoms with E-state index in [4.69, 9.17) is 5.73 Å². The van der Waals surface area contributed by atoms with Crippen molar-refractivity contribution in [2.75, 3.05) is 17.6 Å². The SMILES string of the molecule is Nc1cn2ccnc2c(NCCC2CCCC2)n1. The van der Waals surface area contributed by atoms with E-state index in [0.717, 1.165) is 23.9 Å². The Kier molecular flexibility index (Phi) is 3.04. The molecule has 2 aromatic heterocycles. The summed E-state index contributed by atoms with van der Waals surface area (Å²) in [6.07, 6.45) is 12.2. The summed E-state index contributed by atoms with van der Waals surface area (Å²) in [7, 11) is 0. The quantitative estimate of drug-likeness (QED) is 0.867. The lowest BCUT2D eigenvalue weighted by molar-refractivity contribution is 0.518. The number of imidazole rings is 1. The Bertz CT molecular complexity index is 527. The average Bonchev–Trinajstić information content (AvgIpc) is 2.98. The first-order valence-corrected chi connectivity index (χ1v) is 6.66. The zero-order chi connectivity index (χ0) is 12.4. The fourth-order valence-corrected chi connectivity index (χ4v) is 2.76. The van der Waals surface area contributed by atoms with Gasteiger partial charge in [0.1, 0.15) is 5.82 Å². The molecule has 96 valence electrons. The standard InChI is InChI=1S/C13H19N5/c14-11-9-18-8-7-16-13(18)12(17-11)15-6-5-10-3-1-2-4-10/h7-10H,1-6,14H2,(H,15,17). The summed E-state index contributed by atoms with van der Waals surface area (Å²) >= 11 is 0. The van der Waals surface area contributed by atoms with Gasteiger partial charge in [0, 0.05) is 18.9 Å². The number of hydrogen-bond acceptors (Lipinski definition) is 4. The van der Waals surface area contributed by atoms with Crippen molar-refractivity contribution in [1.29, 1.82) is 0 Å². The van der Waals surface area contributed by atoms with E-state index in [1.165, 1.54) is 32.1 Å². The van der Waals surface area contributed by atoms with Gasteiger partial charge < -0.3 is 15.5 Å². The summed E-state index contributed by atoms with van der Waals surface area (Å²) < 4.78 is 1.90. The average molecular weight is 245 g/mol. The van der Waals surface area contributed by atoms with Crippen LogP contribution in [0, 0.1) is 5.92 Å². The predicted molar refractivity (Wildman–Crippen MR) is 72.5 cm³/mol. The minimum absolute atomic E-state index is 0.517. The molecule has 5 heteroatoms. The van der Waals surface area contributed by atoms with Crippen molar-refractivity contribution in [2.24, 2.45) is 5.92 Å². The van der Waals surface area contributed by atoms with E-state index in [9.17, 15) is 0 Å². The molecule has 1 saturated carbocycles. The number of hydrogen-bond donors (Lipinski definition) is 2. The van der Waals surface area contributed by atoms with Crippen LogP contribution in [0.1, 0.15) is 32.1 Å². The van der Waals surface area contributed by atoms with E-state index in [0.29, 0.717) is 5.82 Å². The Balaban J connectivity index is 1.67. The number of anilines is 2. The lowest BCUT2D eigenvalue weighted by atomic mass is 10.0. The van der Waals surface area contributed by atoms with Crippen LogP contribution in [0.3, 0.4) is 0 Å². The monoisotopic (exact) mass is 245 g/mol. The summed E-state index contributed by atoms with van der Waals surface area (Å²) in [5.74, 6) is 2.19. The van der Waals surface area contributed by atoms with Gasteiger partial charge >= 0.3 is 0 Å². The smallest absolute Gasteiger partial charge is 0.180 e. The topological polar surface area (TPSA) is 68.2 Å². The normalized spacial score (nSPS) is 16.4. The molecule has 0 atom stereocenters. The maximum Gasteiger partial charge on any atom is 0.180 e. The van der Waals surface area contributed by atoms with Crippen molar-refractivity contribution < 1.29 is 0 Å². The summed E-state index contributed by atoms with van der Waals surface area (Å²) in [6.45, 7) is 0.948. The largest absolute Gasteiger partial charge is 0.382 e. The maximum atomic E-state index is 5.78. The number of aromatic nitrogens is 3. The molecule has 1 aliphatic rings. The van der Waals surface area contributed by atoms with Crippen molar-refractivity contribution in [3.63, 3.8) is 0 Å². The third-order valence-corrected chi connectivity index (χ3v) is 3.71. The fraction of sp³-hybridized carbons (Fsp3) is 0.538. The number of nitrogens with one attached hydrogen (secondary N) is 1. The molecule has 0 amide bonds. The van der Waals surface area contributed by atoms with Crippen LogP contribution in [-0.4, -0.2) is 20.9 Å². The Labute approximate surface area is 106 Å². The minimum atomic E-state index is 0.517. The second-order valence-electron chi connectivity index (χ2n) is 5.04. The first-order chi connectivity index (χ1) is 8.83. The van der Waals surface area contributed by atoms with Gasteiger partial charge in [-0.25, -0.2) is 9.97 Å². The highest BCUT2D eigenvalue weighted by molar-refractivity contribution is 5.64. The van der Waals surface area contributed by atoms with Crippen LogP contribution in [0.25, 0.3) is 5.65 Å². The van der Waals surface area contributed by atoms with E-state index in [1.54, 1.807) is 12.4 Å². The molecule has 0 spiro atoms. The van der Waals surface area contributed by atoms with Gasteiger partial charge in [-0.2, -0.15) is 0 Å². The van der Waals surface area contributed by atoms with E-state index >= 15 is 0 Å². The van der Waals surface area contributed by atoms with Gasteiger partial charge in [0.2, 0.25) is 0 Å². The zero-order valence-electron chi connectivity index (χ0n) is 10.5. The van der Waals surface area contributed by atoms with Gasteiger partial charge in [0.05, 0.1) is 6.20 Å². The third-order valence-electron chi connectivity index (χ3n) is 3.71. The van der Waals surface area contributed by atoms with Crippen molar-refractivity contribution in [2.45, 2.75) is 32.1 Å². The highest BCUT2D eigenvalue weighted by Crippen LogP contribution is 2.27. The second kappa shape index (κ2) is 4.84. The molecule has 3 N–H and O–H groups in total. The molecule has 2 aromatic rings. The molecule has 0 bridgehead atoms. The Morgan fingerprint density at radius 2 is 2.22 bits per heavy atom. The van der Waals surface area contributed by atoms with Crippen molar-refractivity contribution in [3.8, 4) is 0 Å². The van der Waals surface area contributed by atoms with Gasteiger partial charge in [-0.15, -0.1) is 0 Å². The Morgan fingerprint density at radius 3 is 3.06 bits per heavy atom. The number of rotatable bonds is 4. The molecule has 0 aromatic carbocycles. The summed E-state index contributed by atoms with van der Waals surface area (Å²) in [5, 5.41) is 3.37. The molecule has 1 fully saturated rings. The fourth-order valence-electron chi connectivity index (χ4n) is 2.76. The van der Waals surface area contributed by atoms with Gasteiger partial charge in [-0.3, -0.25) is 0 Å². The van der Waals surface area contributed by atoms with Crippen LogP contribution < -0.4 is 11.1 Å². The highest BCUT2D eigenvalue weighted by atomic mass is 15.1. The summed E-state index contributed by atoms with van der Waals surface area (Å²) in [6, 6.07) is 0. The minimum Gasteiger partial charge on any atom is -0.382 e. The van der Waals surface area contributed by atoms with Gasteiger partial charge in [-0.1, -0.05) is 25.7 Å². The molecule has 0 radical (unpaired) electrons. The van der Waals surface area contributed by atoms with E-state index in [-0.39, 0.29) is 0 Å². The van der Waals surface area contributed by atoms with Gasteiger partial charge in [0.15, 0.2) is 11.5 Å². The molecule has 5 nitrogen and oxygen atoms in total. The first kappa shape index (κ1) is 11.3. The molecule has 3 rings (SSSR count). The van der Waals surface area contributed by atoms with Crippen LogP contribution in [-0.2, 0) is 0 Å². The van der Waals surface area contributed by atoms with E-state index in [1.807, 2.05) is 10.6 Å². The van der Waals surface area contributed by atoms with Crippen LogP contribution in [0.5, 0.6) is 0 Å². The van der Waals surface area contributed by atoms with Crippen molar-refractivity contribution >= 4 is 17.3 Å². The van der Waals surface area contributed by atoms with E-state index < -0.39 is 0 Å².